The first-order valence-electron chi connectivity index (χ1n) is 11.3. The summed E-state index contributed by atoms with van der Waals surface area (Å²) in [5.74, 6) is 0.0524. The Kier molecular flexibility index (Phi) is 15.7. The van der Waals surface area contributed by atoms with E-state index in [4.69, 9.17) is 16.3 Å². The van der Waals surface area contributed by atoms with E-state index < -0.39 is 0 Å². The molecule has 1 atom stereocenters. The smallest absolute Gasteiger partial charge is 0.331 e. The molecule has 0 heterocycles. The Labute approximate surface area is 177 Å². The van der Waals surface area contributed by atoms with Gasteiger partial charge in [-0.05, 0) is 24.5 Å². The van der Waals surface area contributed by atoms with Crippen LogP contribution in [0.4, 0.5) is 0 Å². The third-order valence-electron chi connectivity index (χ3n) is 5.05. The second-order valence-electron chi connectivity index (χ2n) is 7.63. The summed E-state index contributed by atoms with van der Waals surface area (Å²) in [5, 5.41) is 0. The average molecular weight is 407 g/mol. The van der Waals surface area contributed by atoms with Gasteiger partial charge in [0.2, 0.25) is 0 Å². The number of halogens is 1. The maximum absolute atomic E-state index is 11.9. The van der Waals surface area contributed by atoms with Gasteiger partial charge in [-0.15, -0.1) is 11.6 Å². The maximum Gasteiger partial charge on any atom is 0.331 e. The quantitative estimate of drug-likeness (QED) is 0.113. The molecule has 0 aromatic heterocycles. The summed E-state index contributed by atoms with van der Waals surface area (Å²) in [5.41, 5.74) is 0.989. The van der Waals surface area contributed by atoms with E-state index in [0.717, 1.165) is 18.4 Å². The van der Waals surface area contributed by atoms with E-state index in [1.165, 1.54) is 76.7 Å². The zero-order valence-corrected chi connectivity index (χ0v) is 18.5. The molecule has 0 spiro atoms. The Hall–Kier alpha value is -1.28. The monoisotopic (exact) mass is 406 g/mol. The fourth-order valence-corrected chi connectivity index (χ4v) is 3.53. The first kappa shape index (κ1) is 24.8. The molecule has 1 rings (SSSR count). The van der Waals surface area contributed by atoms with E-state index in [1.54, 1.807) is 6.08 Å². The van der Waals surface area contributed by atoms with E-state index in [2.05, 4.69) is 6.92 Å². The van der Waals surface area contributed by atoms with Crippen LogP contribution in [0.3, 0.4) is 0 Å². The minimum Gasteiger partial charge on any atom is -0.458 e. The topological polar surface area (TPSA) is 26.3 Å². The molecule has 1 aromatic carbocycles. The van der Waals surface area contributed by atoms with E-state index in [-0.39, 0.29) is 12.1 Å². The second-order valence-corrected chi connectivity index (χ2v) is 7.94. The molecule has 2 nitrogen and oxygen atoms in total. The highest BCUT2D eigenvalue weighted by atomic mass is 35.5. The van der Waals surface area contributed by atoms with Crippen LogP contribution < -0.4 is 0 Å². The fraction of sp³-hybridized carbons (Fsp3) is 0.640. The van der Waals surface area contributed by atoms with Crippen LogP contribution in [0.1, 0.15) is 96.0 Å². The van der Waals surface area contributed by atoms with Crippen LogP contribution in [0, 0.1) is 0 Å². The van der Waals surface area contributed by atoms with Crippen molar-refractivity contribution in [1.82, 2.24) is 0 Å². The van der Waals surface area contributed by atoms with Crippen molar-refractivity contribution in [3.63, 3.8) is 0 Å². The Morgan fingerprint density at radius 3 is 1.96 bits per heavy atom. The SMILES string of the molecule is CCCCCCCCCCCCCCC(CCl)OC(=O)/C=C/c1ccccc1. The predicted octanol–water partition coefficient (Wildman–Crippen LogP) is 7.94. The Morgan fingerprint density at radius 2 is 1.43 bits per heavy atom. The van der Waals surface area contributed by atoms with Crippen molar-refractivity contribution >= 4 is 23.6 Å². The molecule has 3 heteroatoms. The molecule has 158 valence electrons. The Balaban J connectivity index is 2.01. The van der Waals surface area contributed by atoms with Gasteiger partial charge in [-0.1, -0.05) is 108 Å². The second kappa shape index (κ2) is 17.8. The number of alkyl halides is 1. The van der Waals surface area contributed by atoms with Crippen LogP contribution in [0.15, 0.2) is 36.4 Å². The summed E-state index contributed by atoms with van der Waals surface area (Å²) in [6, 6.07) is 9.75. The van der Waals surface area contributed by atoms with Gasteiger partial charge in [0.25, 0.3) is 0 Å². The zero-order chi connectivity index (χ0) is 20.3. The van der Waals surface area contributed by atoms with Crippen LogP contribution in [0.5, 0.6) is 0 Å². The Bertz CT molecular complexity index is 513. The number of esters is 1. The van der Waals surface area contributed by atoms with Gasteiger partial charge in [-0.2, -0.15) is 0 Å². The highest BCUT2D eigenvalue weighted by Gasteiger charge is 2.11. The third kappa shape index (κ3) is 13.8. The minimum absolute atomic E-state index is 0.183. The highest BCUT2D eigenvalue weighted by molar-refractivity contribution is 6.18. The molecule has 0 aliphatic heterocycles. The molecule has 0 N–H and O–H groups in total. The molecule has 28 heavy (non-hydrogen) atoms. The van der Waals surface area contributed by atoms with Crippen LogP contribution in [-0.2, 0) is 9.53 Å². The van der Waals surface area contributed by atoms with Gasteiger partial charge in [0.1, 0.15) is 6.10 Å². The summed E-state index contributed by atoms with van der Waals surface area (Å²) in [6.45, 7) is 2.27. The lowest BCUT2D eigenvalue weighted by molar-refractivity contribution is -0.142. The lowest BCUT2D eigenvalue weighted by Gasteiger charge is -2.14. The minimum atomic E-state index is -0.312. The van der Waals surface area contributed by atoms with Gasteiger partial charge in [-0.3, -0.25) is 0 Å². The number of unbranched alkanes of at least 4 members (excludes halogenated alkanes) is 11. The summed E-state index contributed by atoms with van der Waals surface area (Å²) in [7, 11) is 0. The number of carbonyl (C=O) groups is 1. The number of carbonyl (C=O) groups excluding carboxylic acids is 1. The lowest BCUT2D eigenvalue weighted by Crippen LogP contribution is -2.18. The van der Waals surface area contributed by atoms with Gasteiger partial charge in [0.15, 0.2) is 0 Å². The van der Waals surface area contributed by atoms with Crippen LogP contribution >= 0.6 is 11.6 Å². The lowest BCUT2D eigenvalue weighted by atomic mass is 10.0. The molecule has 0 saturated heterocycles. The first-order valence-corrected chi connectivity index (χ1v) is 11.8. The molecule has 0 bridgehead atoms. The van der Waals surface area contributed by atoms with Gasteiger partial charge in [0, 0.05) is 6.08 Å². The summed E-state index contributed by atoms with van der Waals surface area (Å²) in [4.78, 5) is 11.9. The van der Waals surface area contributed by atoms with E-state index in [1.807, 2.05) is 30.3 Å². The zero-order valence-electron chi connectivity index (χ0n) is 17.7. The molecule has 0 fully saturated rings. The molecular formula is C25H39ClO2. The van der Waals surface area contributed by atoms with Crippen molar-refractivity contribution < 1.29 is 9.53 Å². The number of benzene rings is 1. The van der Waals surface area contributed by atoms with Crippen LogP contribution in [0.25, 0.3) is 6.08 Å². The third-order valence-corrected chi connectivity index (χ3v) is 5.39. The number of rotatable bonds is 17. The summed E-state index contributed by atoms with van der Waals surface area (Å²) < 4.78 is 5.46. The van der Waals surface area contributed by atoms with Crippen LogP contribution in [-0.4, -0.2) is 18.0 Å². The van der Waals surface area contributed by atoms with Crippen LogP contribution in [0.2, 0.25) is 0 Å². The first-order chi connectivity index (χ1) is 13.8. The van der Waals surface area contributed by atoms with Crippen molar-refractivity contribution in [2.75, 3.05) is 5.88 Å². The largest absolute Gasteiger partial charge is 0.458 e. The van der Waals surface area contributed by atoms with Crippen molar-refractivity contribution in [3.8, 4) is 0 Å². The van der Waals surface area contributed by atoms with Gasteiger partial charge >= 0.3 is 5.97 Å². The van der Waals surface area contributed by atoms with E-state index >= 15 is 0 Å². The molecule has 0 saturated carbocycles. The van der Waals surface area contributed by atoms with E-state index in [0.29, 0.717) is 5.88 Å². The fourth-order valence-electron chi connectivity index (χ4n) is 3.31. The summed E-state index contributed by atoms with van der Waals surface area (Å²) in [6.07, 6.45) is 19.9. The maximum atomic E-state index is 11.9. The van der Waals surface area contributed by atoms with Gasteiger partial charge < -0.3 is 4.74 Å². The Morgan fingerprint density at radius 1 is 0.893 bits per heavy atom. The normalized spacial score (nSPS) is 12.4. The standard InChI is InChI=1S/C25H39ClO2/c1-2-3-4-5-6-7-8-9-10-11-12-16-19-24(22-26)28-25(27)21-20-23-17-14-13-15-18-23/h13-15,17-18,20-21,24H,2-12,16,19,22H2,1H3/b21-20+. The summed E-state index contributed by atoms with van der Waals surface area (Å²) >= 11 is 5.97. The van der Waals surface area contributed by atoms with Crippen molar-refractivity contribution in [2.24, 2.45) is 0 Å². The number of ether oxygens (including phenoxy) is 1. The van der Waals surface area contributed by atoms with Gasteiger partial charge in [-0.25, -0.2) is 4.79 Å². The molecule has 1 unspecified atom stereocenters. The predicted molar refractivity (Wildman–Crippen MR) is 122 cm³/mol. The van der Waals surface area contributed by atoms with E-state index in [9.17, 15) is 4.79 Å². The van der Waals surface area contributed by atoms with Gasteiger partial charge in [0.05, 0.1) is 5.88 Å². The van der Waals surface area contributed by atoms with Crippen molar-refractivity contribution in [1.29, 1.82) is 0 Å². The molecule has 0 amide bonds. The number of hydrogen-bond donors (Lipinski definition) is 0. The molecule has 0 aliphatic rings. The molecule has 0 radical (unpaired) electrons. The molecule has 0 aliphatic carbocycles. The highest BCUT2D eigenvalue weighted by Crippen LogP contribution is 2.14. The molecular weight excluding hydrogens is 368 g/mol. The number of hydrogen-bond acceptors (Lipinski definition) is 2. The van der Waals surface area contributed by atoms with Crippen molar-refractivity contribution in [2.45, 2.75) is 96.5 Å². The van der Waals surface area contributed by atoms with Crippen molar-refractivity contribution in [3.05, 3.63) is 42.0 Å². The average Bonchev–Trinajstić information content (AvgIpc) is 2.73. The molecule has 1 aromatic rings.